The minimum Gasteiger partial charge on any atom is -0.490 e. The molecule has 2 heterocycles. The van der Waals surface area contributed by atoms with Gasteiger partial charge >= 0.3 is 0 Å². The van der Waals surface area contributed by atoms with E-state index in [1.807, 2.05) is 20.8 Å². The number of nitrogens with two attached hydrogens (primary N) is 1. The molecule has 0 aliphatic carbocycles. The molecule has 27 heavy (non-hydrogen) atoms. The predicted molar refractivity (Wildman–Crippen MR) is 102 cm³/mol. The van der Waals surface area contributed by atoms with E-state index in [1.165, 1.54) is 0 Å². The van der Waals surface area contributed by atoms with Gasteiger partial charge in [-0.1, -0.05) is 6.92 Å². The van der Waals surface area contributed by atoms with Gasteiger partial charge in [0.15, 0.2) is 0 Å². The summed E-state index contributed by atoms with van der Waals surface area (Å²) in [5.41, 5.74) is 5.82. The van der Waals surface area contributed by atoms with Gasteiger partial charge in [-0.2, -0.15) is 0 Å². The van der Waals surface area contributed by atoms with Crippen LogP contribution in [-0.2, 0) is 4.79 Å². The highest BCUT2D eigenvalue weighted by Gasteiger charge is 2.31. The summed E-state index contributed by atoms with van der Waals surface area (Å²) >= 11 is 0. The van der Waals surface area contributed by atoms with Crippen molar-refractivity contribution in [3.05, 3.63) is 30.0 Å². The first-order chi connectivity index (χ1) is 12.9. The molecule has 1 saturated heterocycles. The van der Waals surface area contributed by atoms with Gasteiger partial charge in [-0.25, -0.2) is 4.98 Å². The Morgan fingerprint density at radius 1 is 1.41 bits per heavy atom. The van der Waals surface area contributed by atoms with E-state index in [0.717, 1.165) is 23.6 Å². The van der Waals surface area contributed by atoms with E-state index < -0.39 is 5.91 Å². The average Bonchev–Trinajstić information content (AvgIpc) is 2.98. The predicted octanol–water partition coefficient (Wildman–Crippen LogP) is 2.41. The fourth-order valence-corrected chi connectivity index (χ4v) is 3.30. The molecular formula is C20H25N3O4. The number of nitrogens with one attached hydrogen (secondary N) is 1. The van der Waals surface area contributed by atoms with Crippen molar-refractivity contribution in [1.82, 2.24) is 10.3 Å². The van der Waals surface area contributed by atoms with Crippen molar-refractivity contribution in [2.45, 2.75) is 45.8 Å². The quantitative estimate of drug-likeness (QED) is 0.778. The highest BCUT2D eigenvalue weighted by molar-refractivity contribution is 6.01. The molecule has 0 bridgehead atoms. The standard InChI is InChI=1S/C20H25N3O4/c1-4-12-7-14(23-19(12)25)10-26-20-15-9-17(27-11(2)3)16(18(21)24)8-13(15)5-6-22-20/h5-6,8-9,11-12,14H,4,7,10H2,1-3H3,(H2,21,24)(H,23,25)/t12?,14-/m0/s1. The Morgan fingerprint density at radius 2 is 2.19 bits per heavy atom. The lowest BCUT2D eigenvalue weighted by Crippen LogP contribution is -2.31. The van der Waals surface area contributed by atoms with Crippen LogP contribution in [0, 0.1) is 5.92 Å². The Hall–Kier alpha value is -2.83. The van der Waals surface area contributed by atoms with Gasteiger partial charge in [0.25, 0.3) is 5.91 Å². The van der Waals surface area contributed by atoms with Crippen molar-refractivity contribution in [2.75, 3.05) is 6.61 Å². The highest BCUT2D eigenvalue weighted by atomic mass is 16.5. The molecule has 2 amide bonds. The Kier molecular flexibility index (Phi) is 5.48. The molecule has 2 atom stereocenters. The summed E-state index contributed by atoms with van der Waals surface area (Å²) < 4.78 is 11.7. The summed E-state index contributed by atoms with van der Waals surface area (Å²) in [4.78, 5) is 27.9. The molecule has 1 fully saturated rings. The number of carbonyl (C=O) groups is 2. The monoisotopic (exact) mass is 371 g/mol. The second kappa shape index (κ2) is 7.82. The fraction of sp³-hybridized carbons (Fsp3) is 0.450. The maximum Gasteiger partial charge on any atom is 0.252 e. The van der Waals surface area contributed by atoms with E-state index in [1.54, 1.807) is 24.4 Å². The van der Waals surface area contributed by atoms with Crippen molar-refractivity contribution in [1.29, 1.82) is 0 Å². The SMILES string of the molecule is CCC1C[C@@H](COc2nccc3cc(C(N)=O)c(OC(C)C)cc23)NC1=O. The molecule has 0 spiro atoms. The number of pyridine rings is 1. The number of aromatic nitrogens is 1. The van der Waals surface area contributed by atoms with Crippen LogP contribution in [0.1, 0.15) is 44.0 Å². The van der Waals surface area contributed by atoms with Crippen LogP contribution in [0.2, 0.25) is 0 Å². The smallest absolute Gasteiger partial charge is 0.252 e. The van der Waals surface area contributed by atoms with Gasteiger partial charge in [-0.05, 0) is 50.3 Å². The normalized spacial score (nSPS) is 19.3. The zero-order chi connectivity index (χ0) is 19.6. The van der Waals surface area contributed by atoms with Gasteiger partial charge < -0.3 is 20.5 Å². The second-order valence-corrected chi connectivity index (χ2v) is 7.07. The lowest BCUT2D eigenvalue weighted by Gasteiger charge is -2.16. The van der Waals surface area contributed by atoms with E-state index in [-0.39, 0.29) is 24.0 Å². The first kappa shape index (κ1) is 18.9. The third-order valence-corrected chi connectivity index (χ3v) is 4.66. The van der Waals surface area contributed by atoms with Crippen LogP contribution < -0.4 is 20.5 Å². The number of amides is 2. The van der Waals surface area contributed by atoms with Crippen molar-refractivity contribution in [3.63, 3.8) is 0 Å². The molecule has 1 aromatic heterocycles. The summed E-state index contributed by atoms with van der Waals surface area (Å²) in [6, 6.07) is 5.18. The number of hydrogen-bond donors (Lipinski definition) is 2. The molecular weight excluding hydrogens is 346 g/mol. The summed E-state index contributed by atoms with van der Waals surface area (Å²) in [5, 5.41) is 4.47. The molecule has 0 saturated carbocycles. The Morgan fingerprint density at radius 3 is 2.81 bits per heavy atom. The minimum atomic E-state index is -0.550. The van der Waals surface area contributed by atoms with Crippen molar-refractivity contribution in [2.24, 2.45) is 11.7 Å². The molecule has 0 radical (unpaired) electrons. The molecule has 3 N–H and O–H groups in total. The van der Waals surface area contributed by atoms with Gasteiger partial charge in [0.05, 0.1) is 17.7 Å². The molecule has 144 valence electrons. The van der Waals surface area contributed by atoms with Crippen LogP contribution in [0.4, 0.5) is 0 Å². The molecule has 1 unspecified atom stereocenters. The Bertz CT molecular complexity index is 866. The number of nitrogens with zero attached hydrogens (tertiary/aromatic N) is 1. The zero-order valence-corrected chi connectivity index (χ0v) is 15.8. The Balaban J connectivity index is 1.87. The van der Waals surface area contributed by atoms with Gasteiger partial charge in [0.2, 0.25) is 11.8 Å². The zero-order valence-electron chi connectivity index (χ0n) is 15.8. The number of primary amides is 1. The van der Waals surface area contributed by atoms with Crippen LogP contribution in [0.5, 0.6) is 11.6 Å². The third kappa shape index (κ3) is 4.13. The molecule has 3 rings (SSSR count). The molecule has 1 aliphatic heterocycles. The van der Waals surface area contributed by atoms with Crippen molar-refractivity contribution < 1.29 is 19.1 Å². The van der Waals surface area contributed by atoms with Crippen LogP contribution in [-0.4, -0.2) is 35.6 Å². The number of ether oxygens (including phenoxy) is 2. The lowest BCUT2D eigenvalue weighted by molar-refractivity contribution is -0.122. The number of hydrogen-bond acceptors (Lipinski definition) is 5. The minimum absolute atomic E-state index is 0.0317. The van der Waals surface area contributed by atoms with E-state index in [0.29, 0.717) is 23.8 Å². The third-order valence-electron chi connectivity index (χ3n) is 4.66. The van der Waals surface area contributed by atoms with Gasteiger partial charge in [0.1, 0.15) is 12.4 Å². The second-order valence-electron chi connectivity index (χ2n) is 7.07. The molecule has 1 aliphatic rings. The molecule has 7 heteroatoms. The maximum absolute atomic E-state index is 11.8. The Labute approximate surface area is 158 Å². The maximum atomic E-state index is 11.8. The number of carbonyl (C=O) groups excluding carboxylic acids is 2. The largest absolute Gasteiger partial charge is 0.490 e. The van der Waals surface area contributed by atoms with Crippen molar-refractivity contribution >= 4 is 22.6 Å². The fourth-order valence-electron chi connectivity index (χ4n) is 3.30. The van der Waals surface area contributed by atoms with Gasteiger partial charge in [0, 0.05) is 17.5 Å². The van der Waals surface area contributed by atoms with E-state index in [4.69, 9.17) is 15.2 Å². The molecule has 7 nitrogen and oxygen atoms in total. The van der Waals surface area contributed by atoms with Crippen LogP contribution in [0.15, 0.2) is 24.4 Å². The highest BCUT2D eigenvalue weighted by Crippen LogP contribution is 2.31. The number of benzene rings is 1. The van der Waals surface area contributed by atoms with E-state index in [9.17, 15) is 9.59 Å². The van der Waals surface area contributed by atoms with Crippen LogP contribution in [0.3, 0.4) is 0 Å². The molecule has 1 aromatic carbocycles. The first-order valence-corrected chi connectivity index (χ1v) is 9.21. The first-order valence-electron chi connectivity index (χ1n) is 9.21. The summed E-state index contributed by atoms with van der Waals surface area (Å²) in [5.74, 6) is 0.416. The number of rotatable bonds is 7. The van der Waals surface area contributed by atoms with Gasteiger partial charge in [-0.15, -0.1) is 0 Å². The lowest BCUT2D eigenvalue weighted by atomic mass is 10.0. The number of fused-ring (bicyclic) bond motifs is 1. The summed E-state index contributed by atoms with van der Waals surface area (Å²) in [6.45, 7) is 6.10. The van der Waals surface area contributed by atoms with E-state index in [2.05, 4.69) is 10.3 Å². The van der Waals surface area contributed by atoms with Crippen LogP contribution in [0.25, 0.3) is 10.8 Å². The topological polar surface area (TPSA) is 104 Å². The van der Waals surface area contributed by atoms with Gasteiger partial charge in [-0.3, -0.25) is 9.59 Å². The molecule has 2 aromatic rings. The van der Waals surface area contributed by atoms with Crippen LogP contribution >= 0.6 is 0 Å². The summed E-state index contributed by atoms with van der Waals surface area (Å²) in [7, 11) is 0. The average molecular weight is 371 g/mol. The van der Waals surface area contributed by atoms with E-state index >= 15 is 0 Å². The van der Waals surface area contributed by atoms with Crippen molar-refractivity contribution in [3.8, 4) is 11.6 Å². The summed E-state index contributed by atoms with van der Waals surface area (Å²) in [6.07, 6.45) is 3.09.